The van der Waals surface area contributed by atoms with Crippen molar-refractivity contribution >= 4 is 39.2 Å². The normalized spacial score (nSPS) is 12.0. The fourth-order valence-electron chi connectivity index (χ4n) is 3.01. The highest BCUT2D eigenvalue weighted by Gasteiger charge is 2.14. The van der Waals surface area contributed by atoms with Crippen LogP contribution in [0.5, 0.6) is 11.5 Å². The Morgan fingerprint density at radius 3 is 2.53 bits per heavy atom. The average Bonchev–Trinajstić information content (AvgIpc) is 3.06. The molecule has 3 rings (SSSR count). The van der Waals surface area contributed by atoms with Crippen LogP contribution in [-0.4, -0.2) is 43.7 Å². The number of thiazole rings is 1. The van der Waals surface area contributed by atoms with Crippen LogP contribution in [0.25, 0.3) is 10.2 Å². The molecule has 0 saturated heterocycles. The first-order valence-electron chi connectivity index (χ1n) is 9.57. The zero-order chi connectivity index (χ0) is 21.7. The van der Waals surface area contributed by atoms with Crippen molar-refractivity contribution in [2.75, 3.05) is 27.9 Å². The van der Waals surface area contributed by atoms with E-state index in [1.165, 1.54) is 11.3 Å². The molecule has 1 amide bonds. The summed E-state index contributed by atoms with van der Waals surface area (Å²) in [4.78, 5) is 19.1. The molecule has 0 unspecified atom stereocenters. The van der Waals surface area contributed by atoms with E-state index in [1.807, 2.05) is 34.9 Å². The van der Waals surface area contributed by atoms with Gasteiger partial charge in [0.05, 0.1) is 31.0 Å². The van der Waals surface area contributed by atoms with E-state index in [-0.39, 0.29) is 5.91 Å². The lowest BCUT2D eigenvalue weighted by molar-refractivity contribution is 0.0997. The fraction of sp³-hybridized carbons (Fsp3) is 0.364. The Balaban J connectivity index is 2.09. The predicted octanol–water partition coefficient (Wildman–Crippen LogP) is 4.61. The highest BCUT2D eigenvalue weighted by atomic mass is 32.2. The maximum absolute atomic E-state index is 12.9. The third-order valence-corrected chi connectivity index (χ3v) is 6.40. The molecule has 0 aliphatic rings. The molecule has 0 aliphatic carbocycles. The molecule has 1 aromatic heterocycles. The minimum Gasteiger partial charge on any atom is -0.493 e. The first-order valence-corrected chi connectivity index (χ1v) is 11.3. The highest BCUT2D eigenvalue weighted by Crippen LogP contribution is 2.33. The maximum Gasteiger partial charge on any atom is 0.279 e. The number of amides is 1. The standard InChI is InChI=1S/C22H26N2O4S2/c1-14(2)29-16-8-6-7-15(11-16)21(25)23-22-24(9-10-26-3)17-12-18(27-4)19(28-5)13-20(17)30-22/h6-8,11-14H,9-10H2,1-5H3. The maximum atomic E-state index is 12.9. The lowest BCUT2D eigenvalue weighted by atomic mass is 10.2. The van der Waals surface area contributed by atoms with E-state index in [2.05, 4.69) is 18.8 Å². The number of hydrogen-bond donors (Lipinski definition) is 0. The lowest BCUT2D eigenvalue weighted by Gasteiger charge is -2.09. The summed E-state index contributed by atoms with van der Waals surface area (Å²) in [6.45, 7) is 5.33. The van der Waals surface area contributed by atoms with Gasteiger partial charge >= 0.3 is 0 Å². The summed E-state index contributed by atoms with van der Waals surface area (Å²) in [7, 11) is 4.86. The van der Waals surface area contributed by atoms with E-state index in [0.29, 0.717) is 40.3 Å². The molecule has 2 aromatic carbocycles. The van der Waals surface area contributed by atoms with Crippen LogP contribution >= 0.6 is 23.1 Å². The van der Waals surface area contributed by atoms with Crippen LogP contribution in [0.4, 0.5) is 0 Å². The van der Waals surface area contributed by atoms with Crippen LogP contribution < -0.4 is 14.3 Å². The van der Waals surface area contributed by atoms with Crippen molar-refractivity contribution in [2.24, 2.45) is 4.99 Å². The molecule has 3 aromatic rings. The molecular weight excluding hydrogens is 420 g/mol. The average molecular weight is 447 g/mol. The number of thioether (sulfide) groups is 1. The number of nitrogens with zero attached hydrogens (tertiary/aromatic N) is 2. The minimum atomic E-state index is -0.266. The van der Waals surface area contributed by atoms with Gasteiger partial charge in [-0.1, -0.05) is 31.3 Å². The van der Waals surface area contributed by atoms with Crippen LogP contribution in [-0.2, 0) is 11.3 Å². The van der Waals surface area contributed by atoms with Crippen molar-refractivity contribution in [1.29, 1.82) is 0 Å². The van der Waals surface area contributed by atoms with Crippen molar-refractivity contribution in [3.05, 3.63) is 46.8 Å². The van der Waals surface area contributed by atoms with E-state index in [1.54, 1.807) is 39.2 Å². The Morgan fingerprint density at radius 1 is 1.13 bits per heavy atom. The molecule has 0 N–H and O–H groups in total. The molecule has 0 saturated carbocycles. The molecular formula is C22H26N2O4S2. The molecule has 160 valence electrons. The second-order valence-corrected chi connectivity index (χ2v) is 9.47. The van der Waals surface area contributed by atoms with Gasteiger partial charge < -0.3 is 18.8 Å². The number of carbonyl (C=O) groups excluding carboxylic acids is 1. The van der Waals surface area contributed by atoms with E-state index in [4.69, 9.17) is 14.2 Å². The van der Waals surface area contributed by atoms with Crippen molar-refractivity contribution < 1.29 is 19.0 Å². The Labute approximate surface area is 184 Å². The van der Waals surface area contributed by atoms with Crippen molar-refractivity contribution in [2.45, 2.75) is 30.5 Å². The van der Waals surface area contributed by atoms with Gasteiger partial charge in [0.25, 0.3) is 5.91 Å². The highest BCUT2D eigenvalue weighted by molar-refractivity contribution is 7.99. The quantitative estimate of drug-likeness (QED) is 0.473. The van der Waals surface area contributed by atoms with Gasteiger partial charge in [0.2, 0.25) is 0 Å². The second kappa shape index (κ2) is 10.1. The van der Waals surface area contributed by atoms with Gasteiger partial charge in [-0.2, -0.15) is 4.99 Å². The Kier molecular flexibility index (Phi) is 7.58. The summed E-state index contributed by atoms with van der Waals surface area (Å²) < 4.78 is 19.1. The van der Waals surface area contributed by atoms with Crippen LogP contribution in [0, 0.1) is 0 Å². The topological polar surface area (TPSA) is 62.1 Å². The zero-order valence-electron chi connectivity index (χ0n) is 17.8. The van der Waals surface area contributed by atoms with Gasteiger partial charge in [-0.25, -0.2) is 0 Å². The zero-order valence-corrected chi connectivity index (χ0v) is 19.4. The Hall–Kier alpha value is -2.29. The van der Waals surface area contributed by atoms with Crippen molar-refractivity contribution in [1.82, 2.24) is 4.57 Å². The number of hydrogen-bond acceptors (Lipinski definition) is 6. The molecule has 6 nitrogen and oxygen atoms in total. The van der Waals surface area contributed by atoms with Crippen LogP contribution in [0.3, 0.4) is 0 Å². The fourth-order valence-corrected chi connectivity index (χ4v) is 4.97. The molecule has 0 spiro atoms. The Morgan fingerprint density at radius 2 is 1.87 bits per heavy atom. The van der Waals surface area contributed by atoms with E-state index in [9.17, 15) is 4.79 Å². The molecule has 0 bridgehead atoms. The number of rotatable bonds is 8. The molecule has 0 aliphatic heterocycles. The molecule has 30 heavy (non-hydrogen) atoms. The lowest BCUT2D eigenvalue weighted by Crippen LogP contribution is -2.19. The number of aromatic nitrogens is 1. The van der Waals surface area contributed by atoms with E-state index < -0.39 is 0 Å². The largest absolute Gasteiger partial charge is 0.493 e. The molecule has 1 heterocycles. The van der Waals surface area contributed by atoms with Gasteiger partial charge in [0.1, 0.15) is 0 Å². The van der Waals surface area contributed by atoms with E-state index in [0.717, 1.165) is 15.1 Å². The predicted molar refractivity (Wildman–Crippen MR) is 122 cm³/mol. The molecule has 0 fully saturated rings. The van der Waals surface area contributed by atoms with Gasteiger partial charge in [-0.15, -0.1) is 11.8 Å². The first kappa shape index (κ1) is 22.4. The van der Waals surface area contributed by atoms with Gasteiger partial charge in [0, 0.05) is 41.5 Å². The summed E-state index contributed by atoms with van der Waals surface area (Å²) in [6.07, 6.45) is 0. The van der Waals surface area contributed by atoms with Crippen LogP contribution in [0.15, 0.2) is 46.3 Å². The minimum absolute atomic E-state index is 0.266. The summed E-state index contributed by atoms with van der Waals surface area (Å²) in [5, 5.41) is 0.441. The number of benzene rings is 2. The second-order valence-electron chi connectivity index (χ2n) is 6.82. The van der Waals surface area contributed by atoms with Crippen LogP contribution in [0.2, 0.25) is 0 Å². The first-order chi connectivity index (χ1) is 14.5. The molecule has 0 radical (unpaired) electrons. The summed E-state index contributed by atoms with van der Waals surface area (Å²) in [5.41, 5.74) is 1.50. The summed E-state index contributed by atoms with van der Waals surface area (Å²) in [5.74, 6) is 1.00. The summed E-state index contributed by atoms with van der Waals surface area (Å²) >= 11 is 3.16. The summed E-state index contributed by atoms with van der Waals surface area (Å²) in [6, 6.07) is 11.4. The number of fused-ring (bicyclic) bond motifs is 1. The van der Waals surface area contributed by atoms with Crippen molar-refractivity contribution in [3.63, 3.8) is 0 Å². The van der Waals surface area contributed by atoms with E-state index >= 15 is 0 Å². The SMILES string of the molecule is COCCn1c(=NC(=O)c2cccc(SC(C)C)c2)sc2cc(OC)c(OC)cc21. The van der Waals surface area contributed by atoms with Gasteiger partial charge in [0.15, 0.2) is 16.3 Å². The van der Waals surface area contributed by atoms with Gasteiger partial charge in [-0.05, 0) is 18.2 Å². The number of methoxy groups -OCH3 is 3. The third-order valence-electron chi connectivity index (χ3n) is 4.36. The Bertz CT molecular complexity index is 1100. The number of ether oxygens (including phenoxy) is 3. The number of carbonyl (C=O) groups is 1. The van der Waals surface area contributed by atoms with Crippen LogP contribution in [0.1, 0.15) is 24.2 Å². The van der Waals surface area contributed by atoms with Crippen molar-refractivity contribution in [3.8, 4) is 11.5 Å². The van der Waals surface area contributed by atoms with Gasteiger partial charge in [-0.3, -0.25) is 4.79 Å². The molecule has 0 atom stereocenters. The third kappa shape index (κ3) is 5.06. The molecule has 8 heteroatoms. The monoisotopic (exact) mass is 446 g/mol. The smallest absolute Gasteiger partial charge is 0.279 e.